The van der Waals surface area contributed by atoms with E-state index in [0.29, 0.717) is 28.4 Å². The third-order valence-electron chi connectivity index (χ3n) is 3.73. The Hall–Kier alpha value is -2.86. The van der Waals surface area contributed by atoms with E-state index in [0.717, 1.165) is 10.6 Å². The first kappa shape index (κ1) is 14.7. The lowest BCUT2D eigenvalue weighted by molar-refractivity contribution is 0.102. The van der Waals surface area contributed by atoms with E-state index < -0.39 is 0 Å². The number of aryl methyl sites for hydroxylation is 1. The lowest BCUT2D eigenvalue weighted by Gasteiger charge is -2.09. The van der Waals surface area contributed by atoms with Crippen molar-refractivity contribution < 1.29 is 14.3 Å². The van der Waals surface area contributed by atoms with E-state index in [1.165, 1.54) is 0 Å². The summed E-state index contributed by atoms with van der Waals surface area (Å²) in [6.45, 7) is 2.05. The van der Waals surface area contributed by atoms with Gasteiger partial charge in [-0.3, -0.25) is 9.78 Å². The molecule has 3 aromatic rings. The Morgan fingerprint density at radius 1 is 1.17 bits per heavy atom. The maximum atomic E-state index is 12.5. The van der Waals surface area contributed by atoms with E-state index in [2.05, 4.69) is 10.3 Å². The Kier molecular flexibility index (Phi) is 3.66. The van der Waals surface area contributed by atoms with Gasteiger partial charge in [-0.2, -0.15) is 0 Å². The predicted octanol–water partition coefficient (Wildman–Crippen LogP) is 4.10. The summed E-state index contributed by atoms with van der Waals surface area (Å²) < 4.78 is 10.6. The molecule has 4 rings (SSSR count). The van der Waals surface area contributed by atoms with Gasteiger partial charge in [0.1, 0.15) is 0 Å². The average Bonchev–Trinajstić information content (AvgIpc) is 3.25. The number of nitrogens with one attached hydrogen (secondary N) is 1. The van der Waals surface area contributed by atoms with E-state index in [-0.39, 0.29) is 12.7 Å². The molecule has 6 heteroatoms. The number of hydrogen-bond acceptors (Lipinski definition) is 5. The van der Waals surface area contributed by atoms with Crippen molar-refractivity contribution >= 4 is 22.9 Å². The maximum Gasteiger partial charge on any atom is 0.257 e. The highest BCUT2D eigenvalue weighted by molar-refractivity contribution is 7.13. The molecule has 1 amide bonds. The number of rotatable bonds is 3. The van der Waals surface area contributed by atoms with E-state index in [9.17, 15) is 4.79 Å². The molecule has 0 fully saturated rings. The number of aromatic nitrogens is 1. The predicted molar refractivity (Wildman–Crippen MR) is 92.8 cm³/mol. The molecule has 120 valence electrons. The first-order valence-corrected chi connectivity index (χ1v) is 8.31. The number of thiophene rings is 1. The van der Waals surface area contributed by atoms with Crippen molar-refractivity contribution in [2.24, 2.45) is 0 Å². The number of carbonyl (C=O) groups excluding carboxylic acids is 1. The van der Waals surface area contributed by atoms with E-state index in [1.54, 1.807) is 35.6 Å². The maximum absolute atomic E-state index is 12.5. The van der Waals surface area contributed by atoms with Crippen molar-refractivity contribution in [2.45, 2.75) is 6.92 Å². The molecule has 1 aliphatic heterocycles. The zero-order valence-corrected chi connectivity index (χ0v) is 13.7. The molecule has 1 N–H and O–H groups in total. The van der Waals surface area contributed by atoms with Crippen molar-refractivity contribution in [3.05, 3.63) is 59.1 Å². The van der Waals surface area contributed by atoms with Gasteiger partial charge in [0, 0.05) is 11.8 Å². The van der Waals surface area contributed by atoms with Crippen LogP contribution in [0.15, 0.2) is 47.8 Å². The van der Waals surface area contributed by atoms with Gasteiger partial charge in [0.25, 0.3) is 5.91 Å². The van der Waals surface area contributed by atoms with Crippen LogP contribution >= 0.6 is 11.3 Å². The third kappa shape index (κ3) is 2.72. The molecule has 0 saturated heterocycles. The smallest absolute Gasteiger partial charge is 0.257 e. The normalized spacial score (nSPS) is 12.2. The molecular formula is C18H14N2O3S. The molecule has 0 unspecified atom stereocenters. The number of fused-ring (bicyclic) bond motifs is 1. The SMILES string of the molecule is Cc1nc(-c2cccs2)ccc1C(=O)Nc1ccc2c(c1)OCO2. The third-order valence-corrected chi connectivity index (χ3v) is 4.63. The van der Waals surface area contributed by atoms with Crippen LogP contribution in [0.1, 0.15) is 16.1 Å². The van der Waals surface area contributed by atoms with Crippen LogP contribution in [-0.4, -0.2) is 17.7 Å². The number of ether oxygens (including phenoxy) is 2. The van der Waals surface area contributed by atoms with Crippen LogP contribution in [0.5, 0.6) is 11.5 Å². The standard InChI is InChI=1S/C18H14N2O3S/c1-11-13(5-6-14(19-11)17-3-2-8-24-17)18(21)20-12-4-7-15-16(9-12)23-10-22-15/h2-9H,10H2,1H3,(H,20,21). The van der Waals surface area contributed by atoms with Crippen LogP contribution in [0.3, 0.4) is 0 Å². The molecular weight excluding hydrogens is 324 g/mol. The van der Waals surface area contributed by atoms with Gasteiger partial charge in [-0.25, -0.2) is 0 Å². The number of carbonyl (C=O) groups is 1. The van der Waals surface area contributed by atoms with Gasteiger partial charge in [0.05, 0.1) is 21.8 Å². The second kappa shape index (κ2) is 5.98. The summed E-state index contributed by atoms with van der Waals surface area (Å²) >= 11 is 1.62. The minimum atomic E-state index is -0.198. The van der Waals surface area contributed by atoms with Crippen molar-refractivity contribution in [3.8, 4) is 22.1 Å². The molecule has 1 aromatic carbocycles. The first-order chi connectivity index (χ1) is 11.7. The number of hydrogen-bond donors (Lipinski definition) is 1. The molecule has 2 aromatic heterocycles. The molecule has 1 aliphatic rings. The summed E-state index contributed by atoms with van der Waals surface area (Å²) in [6.07, 6.45) is 0. The fourth-order valence-corrected chi connectivity index (χ4v) is 3.23. The quantitative estimate of drug-likeness (QED) is 0.781. The molecule has 0 radical (unpaired) electrons. The Bertz CT molecular complexity index is 907. The van der Waals surface area contributed by atoms with Crippen LogP contribution in [0.4, 0.5) is 5.69 Å². The van der Waals surface area contributed by atoms with Gasteiger partial charge >= 0.3 is 0 Å². The highest BCUT2D eigenvalue weighted by Crippen LogP contribution is 2.34. The number of benzene rings is 1. The van der Waals surface area contributed by atoms with Crippen LogP contribution in [0.2, 0.25) is 0 Å². The van der Waals surface area contributed by atoms with E-state index in [4.69, 9.17) is 9.47 Å². The number of amides is 1. The molecule has 3 heterocycles. The van der Waals surface area contributed by atoms with Crippen molar-refractivity contribution in [1.82, 2.24) is 4.98 Å². The van der Waals surface area contributed by atoms with Gasteiger partial charge < -0.3 is 14.8 Å². The summed E-state index contributed by atoms with van der Waals surface area (Å²) in [6, 6.07) is 13.0. The minimum absolute atomic E-state index is 0.198. The summed E-state index contributed by atoms with van der Waals surface area (Å²) in [4.78, 5) is 18.1. The number of anilines is 1. The Morgan fingerprint density at radius 2 is 2.04 bits per heavy atom. The number of nitrogens with zero attached hydrogens (tertiary/aromatic N) is 1. The number of pyridine rings is 1. The fourth-order valence-electron chi connectivity index (χ4n) is 2.54. The molecule has 0 bridgehead atoms. The highest BCUT2D eigenvalue weighted by atomic mass is 32.1. The molecule has 0 saturated carbocycles. The summed E-state index contributed by atoms with van der Waals surface area (Å²) in [5.74, 6) is 1.12. The average molecular weight is 338 g/mol. The Balaban J connectivity index is 1.56. The van der Waals surface area contributed by atoms with Crippen LogP contribution in [0, 0.1) is 6.92 Å². The minimum Gasteiger partial charge on any atom is -0.454 e. The van der Waals surface area contributed by atoms with Gasteiger partial charge in [0.15, 0.2) is 11.5 Å². The molecule has 0 atom stereocenters. The summed E-state index contributed by atoms with van der Waals surface area (Å²) in [7, 11) is 0. The zero-order chi connectivity index (χ0) is 16.5. The van der Waals surface area contributed by atoms with Crippen molar-refractivity contribution in [1.29, 1.82) is 0 Å². The highest BCUT2D eigenvalue weighted by Gasteiger charge is 2.16. The zero-order valence-electron chi connectivity index (χ0n) is 12.9. The van der Waals surface area contributed by atoms with Crippen molar-refractivity contribution in [3.63, 3.8) is 0 Å². The fraction of sp³-hybridized carbons (Fsp3) is 0.111. The molecule has 5 nitrogen and oxygen atoms in total. The molecule has 24 heavy (non-hydrogen) atoms. The van der Waals surface area contributed by atoms with Crippen molar-refractivity contribution in [2.75, 3.05) is 12.1 Å². The monoisotopic (exact) mass is 338 g/mol. The van der Waals surface area contributed by atoms with Gasteiger partial charge in [-0.1, -0.05) is 6.07 Å². The molecule has 0 aliphatic carbocycles. The Labute approximate surface area is 142 Å². The second-order valence-electron chi connectivity index (χ2n) is 5.33. The van der Waals surface area contributed by atoms with Crippen LogP contribution in [0.25, 0.3) is 10.6 Å². The lowest BCUT2D eigenvalue weighted by atomic mass is 10.1. The summed E-state index contributed by atoms with van der Waals surface area (Å²) in [5.41, 5.74) is 2.78. The van der Waals surface area contributed by atoms with Gasteiger partial charge in [0.2, 0.25) is 6.79 Å². The topological polar surface area (TPSA) is 60.5 Å². The second-order valence-corrected chi connectivity index (χ2v) is 6.28. The largest absolute Gasteiger partial charge is 0.454 e. The van der Waals surface area contributed by atoms with Gasteiger partial charge in [-0.15, -0.1) is 11.3 Å². The first-order valence-electron chi connectivity index (χ1n) is 7.43. The molecule has 0 spiro atoms. The van der Waals surface area contributed by atoms with E-state index >= 15 is 0 Å². The Morgan fingerprint density at radius 3 is 2.83 bits per heavy atom. The van der Waals surface area contributed by atoms with Gasteiger partial charge in [-0.05, 0) is 42.6 Å². The lowest BCUT2D eigenvalue weighted by Crippen LogP contribution is -2.14. The summed E-state index contributed by atoms with van der Waals surface area (Å²) in [5, 5.41) is 4.88. The van der Waals surface area contributed by atoms with Crippen LogP contribution in [-0.2, 0) is 0 Å². The van der Waals surface area contributed by atoms with Crippen LogP contribution < -0.4 is 14.8 Å². The van der Waals surface area contributed by atoms with E-state index in [1.807, 2.05) is 30.5 Å².